The summed E-state index contributed by atoms with van der Waals surface area (Å²) in [6.07, 6.45) is 2.62. The second-order valence-corrected chi connectivity index (χ2v) is 4.06. The summed E-state index contributed by atoms with van der Waals surface area (Å²) in [7, 11) is 1.60. The van der Waals surface area contributed by atoms with Crippen LogP contribution in [0.1, 0.15) is 43.0 Å². The van der Waals surface area contributed by atoms with E-state index in [4.69, 9.17) is 4.74 Å². The van der Waals surface area contributed by atoms with E-state index < -0.39 is 0 Å². The van der Waals surface area contributed by atoms with Gasteiger partial charge in [-0.2, -0.15) is 0 Å². The normalized spacial score (nSPS) is 10.0. The zero-order valence-corrected chi connectivity index (χ0v) is 10.4. The maximum atomic E-state index is 11.8. The number of hydrogen-bond donors (Lipinski definition) is 0. The Morgan fingerprint density at radius 2 is 1.65 bits per heavy atom. The van der Waals surface area contributed by atoms with Gasteiger partial charge in [0, 0.05) is 18.4 Å². The molecule has 1 aromatic carbocycles. The largest absolute Gasteiger partial charge is 0.497 e. The van der Waals surface area contributed by atoms with E-state index >= 15 is 0 Å². The van der Waals surface area contributed by atoms with Gasteiger partial charge in [0.05, 0.1) is 7.11 Å². The Hall–Kier alpha value is -1.64. The fraction of sp³-hybridized carbons (Fsp3) is 0.429. The number of carbonyl (C=O) groups is 2. The first-order valence-electron chi connectivity index (χ1n) is 5.80. The SMILES string of the molecule is COc1ccc(C(=O)CCCCC(C)=O)cc1. The Kier molecular flexibility index (Phi) is 5.40. The molecular weight excluding hydrogens is 216 g/mol. The molecule has 0 spiro atoms. The van der Waals surface area contributed by atoms with E-state index in [9.17, 15) is 9.59 Å². The molecule has 0 saturated heterocycles. The molecule has 1 rings (SSSR count). The Labute approximate surface area is 102 Å². The molecule has 0 unspecified atom stereocenters. The van der Waals surface area contributed by atoms with Gasteiger partial charge in [0.15, 0.2) is 5.78 Å². The van der Waals surface area contributed by atoms with Crippen LogP contribution in [0.3, 0.4) is 0 Å². The molecule has 17 heavy (non-hydrogen) atoms. The van der Waals surface area contributed by atoms with Gasteiger partial charge < -0.3 is 9.53 Å². The molecular formula is C14H18O3. The lowest BCUT2D eigenvalue weighted by Crippen LogP contribution is -1.99. The number of unbranched alkanes of at least 4 members (excludes halogenated alkanes) is 1. The topological polar surface area (TPSA) is 43.4 Å². The number of Topliss-reactive ketones (excluding diaryl/α,β-unsaturated/α-hetero) is 2. The lowest BCUT2D eigenvalue weighted by Gasteiger charge is -2.02. The highest BCUT2D eigenvalue weighted by Crippen LogP contribution is 2.14. The van der Waals surface area contributed by atoms with E-state index in [0.717, 1.165) is 18.6 Å². The standard InChI is InChI=1S/C14H18O3/c1-11(15)5-3-4-6-14(16)12-7-9-13(17-2)10-8-12/h7-10H,3-6H2,1-2H3. The van der Waals surface area contributed by atoms with Crippen molar-refractivity contribution in [2.45, 2.75) is 32.6 Å². The smallest absolute Gasteiger partial charge is 0.162 e. The van der Waals surface area contributed by atoms with Crippen LogP contribution in [0.2, 0.25) is 0 Å². The number of rotatable bonds is 7. The lowest BCUT2D eigenvalue weighted by molar-refractivity contribution is -0.117. The first-order chi connectivity index (χ1) is 8.13. The monoisotopic (exact) mass is 234 g/mol. The number of ketones is 2. The molecule has 92 valence electrons. The molecule has 0 aliphatic rings. The first-order valence-corrected chi connectivity index (χ1v) is 5.80. The number of hydrogen-bond acceptors (Lipinski definition) is 3. The predicted octanol–water partition coefficient (Wildman–Crippen LogP) is 3.03. The molecule has 0 amide bonds. The number of carbonyl (C=O) groups excluding carboxylic acids is 2. The van der Waals surface area contributed by atoms with Crippen LogP contribution in [-0.4, -0.2) is 18.7 Å². The van der Waals surface area contributed by atoms with Crippen LogP contribution in [0, 0.1) is 0 Å². The van der Waals surface area contributed by atoms with E-state index in [2.05, 4.69) is 0 Å². The number of methoxy groups -OCH3 is 1. The summed E-state index contributed by atoms with van der Waals surface area (Å²) >= 11 is 0. The third kappa shape index (κ3) is 4.81. The zero-order valence-electron chi connectivity index (χ0n) is 10.4. The molecule has 0 bridgehead atoms. The van der Waals surface area contributed by atoms with E-state index in [0.29, 0.717) is 18.4 Å². The van der Waals surface area contributed by atoms with E-state index in [-0.39, 0.29) is 11.6 Å². The Bertz CT molecular complexity index is 379. The fourth-order valence-corrected chi connectivity index (χ4v) is 1.58. The maximum Gasteiger partial charge on any atom is 0.162 e. The van der Waals surface area contributed by atoms with Gasteiger partial charge in [0.25, 0.3) is 0 Å². The van der Waals surface area contributed by atoms with Crippen LogP contribution in [-0.2, 0) is 4.79 Å². The van der Waals surface area contributed by atoms with Gasteiger partial charge in [0.2, 0.25) is 0 Å². The third-order valence-corrected chi connectivity index (χ3v) is 2.59. The first kappa shape index (κ1) is 13.4. The second-order valence-electron chi connectivity index (χ2n) is 4.06. The van der Waals surface area contributed by atoms with Gasteiger partial charge in [-0.15, -0.1) is 0 Å². The Balaban J connectivity index is 2.38. The average Bonchev–Trinajstić information content (AvgIpc) is 2.34. The van der Waals surface area contributed by atoms with Gasteiger partial charge in [-0.05, 0) is 44.0 Å². The van der Waals surface area contributed by atoms with Crippen LogP contribution >= 0.6 is 0 Å². The summed E-state index contributed by atoms with van der Waals surface area (Å²) < 4.78 is 5.03. The fourth-order valence-electron chi connectivity index (χ4n) is 1.58. The van der Waals surface area contributed by atoms with Crippen molar-refractivity contribution in [3.63, 3.8) is 0 Å². The summed E-state index contributed by atoms with van der Waals surface area (Å²) in [6, 6.07) is 7.10. The second kappa shape index (κ2) is 6.84. The van der Waals surface area contributed by atoms with Gasteiger partial charge in [-0.25, -0.2) is 0 Å². The van der Waals surface area contributed by atoms with Gasteiger partial charge in [0.1, 0.15) is 11.5 Å². The molecule has 1 aromatic rings. The van der Waals surface area contributed by atoms with Crippen LogP contribution in [0.4, 0.5) is 0 Å². The molecule has 0 aromatic heterocycles. The van der Waals surface area contributed by atoms with Crippen LogP contribution < -0.4 is 4.74 Å². The Morgan fingerprint density at radius 3 is 2.18 bits per heavy atom. The third-order valence-electron chi connectivity index (χ3n) is 2.59. The minimum absolute atomic E-state index is 0.121. The van der Waals surface area contributed by atoms with Crippen LogP contribution in [0.15, 0.2) is 24.3 Å². The summed E-state index contributed by atoms with van der Waals surface area (Å²) in [5, 5.41) is 0. The van der Waals surface area contributed by atoms with Crippen LogP contribution in [0.25, 0.3) is 0 Å². The molecule has 0 aliphatic heterocycles. The molecule has 0 aliphatic carbocycles. The van der Waals surface area contributed by atoms with Crippen molar-refractivity contribution in [3.8, 4) is 5.75 Å². The highest BCUT2D eigenvalue weighted by Gasteiger charge is 2.05. The summed E-state index contributed by atoms with van der Waals surface area (Å²) in [4.78, 5) is 22.5. The summed E-state index contributed by atoms with van der Waals surface area (Å²) in [5.41, 5.74) is 0.702. The maximum absolute atomic E-state index is 11.8. The van der Waals surface area contributed by atoms with Crippen molar-refractivity contribution >= 4 is 11.6 Å². The van der Waals surface area contributed by atoms with Crippen molar-refractivity contribution in [2.75, 3.05) is 7.11 Å². The van der Waals surface area contributed by atoms with Gasteiger partial charge >= 0.3 is 0 Å². The number of benzene rings is 1. The van der Waals surface area contributed by atoms with Crippen molar-refractivity contribution in [1.82, 2.24) is 0 Å². The van der Waals surface area contributed by atoms with Crippen molar-refractivity contribution in [1.29, 1.82) is 0 Å². The molecule has 3 heteroatoms. The van der Waals surface area contributed by atoms with Crippen molar-refractivity contribution in [2.24, 2.45) is 0 Å². The highest BCUT2D eigenvalue weighted by molar-refractivity contribution is 5.96. The van der Waals surface area contributed by atoms with Gasteiger partial charge in [-0.3, -0.25) is 4.79 Å². The summed E-state index contributed by atoms with van der Waals surface area (Å²) in [6.45, 7) is 1.57. The van der Waals surface area contributed by atoms with Gasteiger partial charge in [-0.1, -0.05) is 0 Å². The molecule has 0 atom stereocenters. The minimum Gasteiger partial charge on any atom is -0.497 e. The predicted molar refractivity (Wildman–Crippen MR) is 66.5 cm³/mol. The molecule has 0 radical (unpaired) electrons. The van der Waals surface area contributed by atoms with Crippen LogP contribution in [0.5, 0.6) is 5.75 Å². The van der Waals surface area contributed by atoms with E-state index in [1.54, 1.807) is 38.3 Å². The van der Waals surface area contributed by atoms with E-state index in [1.165, 1.54) is 0 Å². The van der Waals surface area contributed by atoms with E-state index in [1.807, 2.05) is 0 Å². The molecule has 0 fully saturated rings. The molecule has 0 saturated carbocycles. The summed E-state index contributed by atoms with van der Waals surface area (Å²) in [5.74, 6) is 1.05. The molecule has 0 N–H and O–H groups in total. The molecule has 3 nitrogen and oxygen atoms in total. The van der Waals surface area contributed by atoms with Crippen molar-refractivity contribution in [3.05, 3.63) is 29.8 Å². The average molecular weight is 234 g/mol. The van der Waals surface area contributed by atoms with Crippen molar-refractivity contribution < 1.29 is 14.3 Å². The lowest BCUT2D eigenvalue weighted by atomic mass is 10.0. The minimum atomic E-state index is 0.121. The quantitative estimate of drug-likeness (QED) is 0.538. The number of ether oxygens (including phenoxy) is 1. The molecule has 0 heterocycles. The highest BCUT2D eigenvalue weighted by atomic mass is 16.5. The Morgan fingerprint density at radius 1 is 1.06 bits per heavy atom. The zero-order chi connectivity index (χ0) is 12.7.